The molecular weight excluding hydrogens is 498 g/mol. The van der Waals surface area contributed by atoms with E-state index in [2.05, 4.69) is 10.4 Å². The molecule has 6 nitrogen and oxygen atoms in total. The molecule has 2 aromatic carbocycles. The molecular formula is C28H29F4N5O. The Balaban J connectivity index is 1.52. The minimum Gasteiger partial charge on any atom is -0.356 e. The lowest BCUT2D eigenvalue weighted by Gasteiger charge is -2.21. The Labute approximate surface area is 218 Å². The first-order valence-electron chi connectivity index (χ1n) is 12.6. The van der Waals surface area contributed by atoms with E-state index in [0.717, 1.165) is 29.5 Å². The number of hydrogen-bond acceptors (Lipinski definition) is 3. The SMILES string of the molecule is Cc1cc(C(NC(=O)c2cc(CN3CCCC3=N)cc(-c3cn(C)nc3C(F)(F)F)c2)C2CC2)ccc1F. The first kappa shape index (κ1) is 25.9. The number of aryl methyl sites for hydroxylation is 2. The van der Waals surface area contributed by atoms with Crippen LogP contribution in [0.15, 0.2) is 42.6 Å². The van der Waals surface area contributed by atoms with Gasteiger partial charge >= 0.3 is 6.18 Å². The average molecular weight is 528 g/mol. The van der Waals surface area contributed by atoms with E-state index >= 15 is 0 Å². The van der Waals surface area contributed by atoms with Crippen LogP contribution in [0.25, 0.3) is 11.1 Å². The number of carbonyl (C=O) groups is 1. The van der Waals surface area contributed by atoms with Crippen molar-refractivity contribution in [2.45, 2.75) is 51.4 Å². The summed E-state index contributed by atoms with van der Waals surface area (Å²) >= 11 is 0. The van der Waals surface area contributed by atoms with Gasteiger partial charge < -0.3 is 10.2 Å². The molecule has 2 fully saturated rings. The van der Waals surface area contributed by atoms with Gasteiger partial charge in [-0.25, -0.2) is 4.39 Å². The number of benzene rings is 2. The molecule has 0 spiro atoms. The van der Waals surface area contributed by atoms with Gasteiger partial charge in [-0.15, -0.1) is 0 Å². The molecule has 0 radical (unpaired) electrons. The number of halogens is 4. The Morgan fingerprint density at radius 1 is 1.21 bits per heavy atom. The van der Waals surface area contributed by atoms with Crippen LogP contribution in [0, 0.1) is 24.1 Å². The first-order valence-corrected chi connectivity index (χ1v) is 12.6. The van der Waals surface area contributed by atoms with E-state index in [9.17, 15) is 22.4 Å². The predicted molar refractivity (Wildman–Crippen MR) is 135 cm³/mol. The van der Waals surface area contributed by atoms with Crippen molar-refractivity contribution < 1.29 is 22.4 Å². The van der Waals surface area contributed by atoms with Crippen LogP contribution in [0.2, 0.25) is 0 Å². The third kappa shape index (κ3) is 5.44. The van der Waals surface area contributed by atoms with Gasteiger partial charge in [-0.05, 0) is 78.6 Å². The Morgan fingerprint density at radius 3 is 2.61 bits per heavy atom. The second kappa shape index (κ2) is 9.89. The molecule has 1 unspecified atom stereocenters. The molecule has 1 aliphatic carbocycles. The van der Waals surface area contributed by atoms with Crippen LogP contribution in [-0.2, 0) is 19.8 Å². The van der Waals surface area contributed by atoms with Crippen molar-refractivity contribution in [2.75, 3.05) is 6.54 Å². The van der Waals surface area contributed by atoms with Crippen LogP contribution in [0.1, 0.15) is 64.5 Å². The fourth-order valence-corrected chi connectivity index (χ4v) is 5.09. The largest absolute Gasteiger partial charge is 0.435 e. The molecule has 1 atom stereocenters. The number of rotatable bonds is 7. The van der Waals surface area contributed by atoms with Crippen molar-refractivity contribution in [1.29, 1.82) is 5.41 Å². The molecule has 1 saturated carbocycles. The van der Waals surface area contributed by atoms with Gasteiger partial charge in [-0.2, -0.15) is 18.3 Å². The fraction of sp³-hybridized carbons (Fsp3) is 0.393. The molecule has 1 aliphatic heterocycles. The van der Waals surface area contributed by atoms with Crippen molar-refractivity contribution in [2.24, 2.45) is 13.0 Å². The summed E-state index contributed by atoms with van der Waals surface area (Å²) in [6, 6.07) is 9.22. The van der Waals surface area contributed by atoms with Crippen molar-refractivity contribution >= 4 is 11.7 Å². The minimum atomic E-state index is -4.66. The average Bonchev–Trinajstić information content (AvgIpc) is 3.50. The number of amides is 1. The van der Waals surface area contributed by atoms with Crippen molar-refractivity contribution in [3.05, 3.63) is 76.4 Å². The van der Waals surface area contributed by atoms with Crippen molar-refractivity contribution in [3.8, 4) is 11.1 Å². The zero-order chi connectivity index (χ0) is 27.2. The summed E-state index contributed by atoms with van der Waals surface area (Å²) in [6.45, 7) is 2.67. The van der Waals surface area contributed by atoms with E-state index in [1.165, 1.54) is 25.4 Å². The maximum absolute atomic E-state index is 13.9. The molecule has 5 rings (SSSR count). The summed E-state index contributed by atoms with van der Waals surface area (Å²) in [4.78, 5) is 15.4. The second-order valence-corrected chi connectivity index (χ2v) is 10.3. The lowest BCUT2D eigenvalue weighted by Crippen LogP contribution is -2.30. The van der Waals surface area contributed by atoms with Gasteiger partial charge in [-0.1, -0.05) is 12.1 Å². The molecule has 10 heteroatoms. The smallest absolute Gasteiger partial charge is 0.356 e. The summed E-state index contributed by atoms with van der Waals surface area (Å²) in [5.41, 5.74) is 1.25. The van der Waals surface area contributed by atoms with Gasteiger partial charge in [0.05, 0.1) is 11.9 Å². The fourth-order valence-electron chi connectivity index (χ4n) is 5.09. The molecule has 1 saturated heterocycles. The molecule has 200 valence electrons. The highest BCUT2D eigenvalue weighted by Crippen LogP contribution is 2.42. The molecule has 2 N–H and O–H groups in total. The number of carbonyl (C=O) groups excluding carboxylic acids is 1. The van der Waals surface area contributed by atoms with Crippen molar-refractivity contribution in [1.82, 2.24) is 20.0 Å². The standard InChI is InChI=1S/C28H29F4N5O/c1-16-10-19(7-8-23(16)29)25(18-5-6-18)34-27(38)21-12-17(14-37-9-3-4-24(37)33)11-20(13-21)22-15-36(2)35-26(22)28(30,31)32/h7-8,10-13,15,18,25,33H,3-6,9,14H2,1-2H3,(H,34,38). The molecule has 2 aliphatic rings. The minimum absolute atomic E-state index is 0.111. The number of alkyl halides is 3. The van der Waals surface area contributed by atoms with Gasteiger partial charge in [0.15, 0.2) is 5.69 Å². The van der Waals surface area contributed by atoms with Crippen LogP contribution in [0.3, 0.4) is 0 Å². The number of aromatic nitrogens is 2. The number of likely N-dealkylation sites (tertiary alicyclic amines) is 1. The maximum Gasteiger partial charge on any atom is 0.435 e. The predicted octanol–water partition coefficient (Wildman–Crippen LogP) is 6.01. The van der Waals surface area contributed by atoms with E-state index in [1.54, 1.807) is 31.2 Å². The van der Waals surface area contributed by atoms with Crippen LogP contribution < -0.4 is 5.32 Å². The normalized spacial score (nSPS) is 16.7. The summed E-state index contributed by atoms with van der Waals surface area (Å²) < 4.78 is 56.3. The summed E-state index contributed by atoms with van der Waals surface area (Å²) in [5.74, 6) is -0.0526. The topological polar surface area (TPSA) is 74.0 Å². The number of nitrogens with zero attached hydrogens (tertiary/aromatic N) is 3. The van der Waals surface area contributed by atoms with Crippen LogP contribution in [0.5, 0.6) is 0 Å². The van der Waals surface area contributed by atoms with Gasteiger partial charge in [0, 0.05) is 43.9 Å². The summed E-state index contributed by atoms with van der Waals surface area (Å²) in [5, 5.41) is 14.8. The Hall–Kier alpha value is -3.69. The van der Waals surface area contributed by atoms with E-state index in [-0.39, 0.29) is 34.5 Å². The van der Waals surface area contributed by atoms with E-state index in [4.69, 9.17) is 5.41 Å². The number of hydrogen-bond donors (Lipinski definition) is 2. The zero-order valence-electron chi connectivity index (χ0n) is 21.2. The van der Waals surface area contributed by atoms with Crippen LogP contribution in [-0.4, -0.2) is 33.0 Å². The van der Waals surface area contributed by atoms with Gasteiger partial charge in [-0.3, -0.25) is 14.9 Å². The van der Waals surface area contributed by atoms with Crippen molar-refractivity contribution in [3.63, 3.8) is 0 Å². The van der Waals surface area contributed by atoms with Crippen LogP contribution in [0.4, 0.5) is 17.6 Å². The monoisotopic (exact) mass is 527 g/mol. The summed E-state index contributed by atoms with van der Waals surface area (Å²) in [7, 11) is 1.42. The first-order chi connectivity index (χ1) is 18.0. The third-order valence-corrected chi connectivity index (χ3v) is 7.18. The van der Waals surface area contributed by atoms with Crippen LogP contribution >= 0.6 is 0 Å². The zero-order valence-corrected chi connectivity index (χ0v) is 21.2. The highest BCUT2D eigenvalue weighted by Gasteiger charge is 2.38. The Kier molecular flexibility index (Phi) is 6.75. The lowest BCUT2D eigenvalue weighted by atomic mass is 9.97. The highest BCUT2D eigenvalue weighted by atomic mass is 19.4. The number of amidine groups is 1. The molecule has 1 aromatic heterocycles. The van der Waals surface area contributed by atoms with Gasteiger partial charge in [0.1, 0.15) is 5.82 Å². The van der Waals surface area contributed by atoms with Gasteiger partial charge in [0.2, 0.25) is 0 Å². The Bertz CT molecular complexity index is 1390. The molecule has 3 aromatic rings. The summed E-state index contributed by atoms with van der Waals surface area (Å²) in [6.07, 6.45) is -0.0248. The van der Waals surface area contributed by atoms with E-state index < -0.39 is 17.8 Å². The highest BCUT2D eigenvalue weighted by molar-refractivity contribution is 5.96. The van der Waals surface area contributed by atoms with E-state index in [0.29, 0.717) is 36.5 Å². The number of nitrogens with one attached hydrogen (secondary N) is 2. The quantitative estimate of drug-likeness (QED) is 0.370. The maximum atomic E-state index is 13.9. The molecule has 38 heavy (non-hydrogen) atoms. The third-order valence-electron chi connectivity index (χ3n) is 7.18. The lowest BCUT2D eigenvalue weighted by molar-refractivity contribution is -0.140. The van der Waals surface area contributed by atoms with E-state index in [1.807, 2.05) is 4.90 Å². The Morgan fingerprint density at radius 2 is 1.97 bits per heavy atom. The second-order valence-electron chi connectivity index (χ2n) is 10.3. The molecule has 2 heterocycles. The molecule has 1 amide bonds. The van der Waals surface area contributed by atoms with Gasteiger partial charge in [0.25, 0.3) is 5.91 Å². The molecule has 0 bridgehead atoms.